The van der Waals surface area contributed by atoms with E-state index in [-0.39, 0.29) is 5.91 Å². The van der Waals surface area contributed by atoms with Crippen molar-refractivity contribution in [3.05, 3.63) is 35.4 Å². The summed E-state index contributed by atoms with van der Waals surface area (Å²) < 4.78 is 27.3. The van der Waals surface area contributed by atoms with Crippen LogP contribution in [0.1, 0.15) is 31.2 Å². The maximum atomic E-state index is 13.6. The summed E-state index contributed by atoms with van der Waals surface area (Å²) in [6, 6.07) is 3.05. The Bertz CT molecular complexity index is 647. The summed E-state index contributed by atoms with van der Waals surface area (Å²) in [5, 5.41) is 4.97. The van der Waals surface area contributed by atoms with E-state index in [9.17, 15) is 18.4 Å². The zero-order valence-electron chi connectivity index (χ0n) is 13.1. The van der Waals surface area contributed by atoms with Crippen molar-refractivity contribution in [3.63, 3.8) is 0 Å². The van der Waals surface area contributed by atoms with Gasteiger partial charge in [-0.2, -0.15) is 0 Å². The Hall–Kier alpha value is -2.02. The minimum absolute atomic E-state index is 0.319. The van der Waals surface area contributed by atoms with Crippen LogP contribution >= 0.6 is 0 Å². The maximum Gasteiger partial charge on any atom is 0.322 e. The quantitative estimate of drug-likeness (QED) is 0.817. The van der Waals surface area contributed by atoms with E-state index < -0.39 is 28.7 Å². The number of hydrogen-bond donors (Lipinski definition) is 2. The fourth-order valence-corrected chi connectivity index (χ4v) is 3.79. The number of rotatable bonds is 2. The van der Waals surface area contributed by atoms with Gasteiger partial charge in [0.25, 0.3) is 5.91 Å². The number of carbonyl (C=O) groups excluding carboxylic acids is 2. The summed E-state index contributed by atoms with van der Waals surface area (Å²) >= 11 is 0. The van der Waals surface area contributed by atoms with Gasteiger partial charge in [-0.1, -0.05) is 0 Å². The molecule has 7 heteroatoms. The van der Waals surface area contributed by atoms with E-state index in [0.717, 1.165) is 6.07 Å². The van der Waals surface area contributed by atoms with Crippen LogP contribution in [0.4, 0.5) is 13.6 Å². The first-order chi connectivity index (χ1) is 10.8. The van der Waals surface area contributed by atoms with Crippen LogP contribution in [0, 0.1) is 11.6 Å². The molecule has 0 atom stereocenters. The lowest BCUT2D eigenvalue weighted by Gasteiger charge is -2.47. The number of halogens is 2. The lowest BCUT2D eigenvalue weighted by Crippen LogP contribution is -2.55. The molecule has 124 valence electrons. The molecule has 0 bridgehead atoms. The molecular weight excluding hydrogens is 304 g/mol. The number of nitrogens with zero attached hydrogens (tertiary/aromatic N) is 1. The summed E-state index contributed by atoms with van der Waals surface area (Å²) in [4.78, 5) is 25.4. The average molecular weight is 323 g/mol. The number of imide groups is 1. The molecule has 2 fully saturated rings. The van der Waals surface area contributed by atoms with Gasteiger partial charge in [0, 0.05) is 11.6 Å². The van der Waals surface area contributed by atoms with E-state index in [0.29, 0.717) is 31.2 Å². The normalized spacial score (nSPS) is 30.7. The van der Waals surface area contributed by atoms with E-state index >= 15 is 0 Å². The largest absolute Gasteiger partial charge is 0.323 e. The Morgan fingerprint density at radius 1 is 1.00 bits per heavy atom. The third-order valence-corrected chi connectivity index (χ3v) is 5.20. The Morgan fingerprint density at radius 2 is 1.57 bits per heavy atom. The molecule has 1 saturated heterocycles. The molecule has 2 N–H and O–H groups in total. The van der Waals surface area contributed by atoms with Crippen LogP contribution in [0.3, 0.4) is 0 Å². The van der Waals surface area contributed by atoms with Gasteiger partial charge in [-0.15, -0.1) is 0 Å². The van der Waals surface area contributed by atoms with Crippen molar-refractivity contribution < 1.29 is 18.4 Å². The van der Waals surface area contributed by atoms with Gasteiger partial charge in [-0.3, -0.25) is 15.0 Å². The lowest BCUT2D eigenvalue weighted by atomic mass is 9.68. The molecule has 1 aliphatic heterocycles. The fraction of sp³-hybridized carbons (Fsp3) is 0.500. The van der Waals surface area contributed by atoms with E-state index in [1.165, 1.54) is 12.1 Å². The fourth-order valence-electron chi connectivity index (χ4n) is 3.79. The molecule has 3 rings (SSSR count). The zero-order chi connectivity index (χ0) is 16.8. The van der Waals surface area contributed by atoms with Crippen molar-refractivity contribution in [1.29, 1.82) is 0 Å². The molecule has 1 aliphatic carbocycles. The minimum Gasteiger partial charge on any atom is -0.323 e. The summed E-state index contributed by atoms with van der Waals surface area (Å²) in [5.41, 5.74) is -0.913. The van der Waals surface area contributed by atoms with Crippen molar-refractivity contribution >= 4 is 11.9 Å². The van der Waals surface area contributed by atoms with Crippen LogP contribution in [0.25, 0.3) is 0 Å². The SMILES string of the molecule is CN(C)C1(c2cc(F)cc(F)c2)CCC2(CC1)NC(=O)NC2=O. The van der Waals surface area contributed by atoms with Gasteiger partial charge in [-0.05, 0) is 57.5 Å². The summed E-state index contributed by atoms with van der Waals surface area (Å²) in [7, 11) is 3.71. The monoisotopic (exact) mass is 323 g/mol. The van der Waals surface area contributed by atoms with Crippen molar-refractivity contribution in [2.45, 2.75) is 36.8 Å². The second-order valence-electron chi connectivity index (χ2n) is 6.57. The molecule has 3 amide bonds. The predicted octanol–water partition coefficient (Wildman–Crippen LogP) is 1.87. The van der Waals surface area contributed by atoms with Gasteiger partial charge in [0.2, 0.25) is 0 Å². The molecule has 0 unspecified atom stereocenters. The van der Waals surface area contributed by atoms with Crippen molar-refractivity contribution in [2.24, 2.45) is 0 Å². The minimum atomic E-state index is -0.900. The van der Waals surface area contributed by atoms with Gasteiger partial charge in [-0.25, -0.2) is 13.6 Å². The molecule has 1 heterocycles. The average Bonchev–Trinajstić information content (AvgIpc) is 2.72. The molecule has 2 aliphatic rings. The van der Waals surface area contributed by atoms with Gasteiger partial charge in [0.15, 0.2) is 0 Å². The van der Waals surface area contributed by atoms with Gasteiger partial charge < -0.3 is 5.32 Å². The van der Waals surface area contributed by atoms with E-state index in [1.54, 1.807) is 0 Å². The molecule has 1 saturated carbocycles. The topological polar surface area (TPSA) is 61.4 Å². The molecule has 23 heavy (non-hydrogen) atoms. The lowest BCUT2D eigenvalue weighted by molar-refractivity contribution is -0.126. The Kier molecular flexibility index (Phi) is 3.63. The van der Waals surface area contributed by atoms with Crippen molar-refractivity contribution in [1.82, 2.24) is 15.5 Å². The number of benzene rings is 1. The molecule has 1 aromatic carbocycles. The Morgan fingerprint density at radius 3 is 2.00 bits per heavy atom. The third kappa shape index (κ3) is 2.49. The standard InChI is InChI=1S/C16H19F2N3O2/c1-21(2)16(10-7-11(17)9-12(18)8-10)5-3-15(4-6-16)13(22)19-14(23)20-15/h7-9H,3-6H2,1-2H3,(H2,19,20,22,23). The van der Waals surface area contributed by atoms with Crippen LogP contribution in [-0.2, 0) is 10.3 Å². The summed E-state index contributed by atoms with van der Waals surface area (Å²) in [5.74, 6) is -1.55. The molecule has 1 spiro atoms. The van der Waals surface area contributed by atoms with Crippen LogP contribution in [0.2, 0.25) is 0 Å². The zero-order valence-corrected chi connectivity index (χ0v) is 13.1. The second-order valence-corrected chi connectivity index (χ2v) is 6.57. The van der Waals surface area contributed by atoms with E-state index in [2.05, 4.69) is 10.6 Å². The molecular formula is C16H19F2N3O2. The van der Waals surface area contributed by atoms with Crippen LogP contribution in [0.15, 0.2) is 18.2 Å². The Labute approximate surface area is 133 Å². The summed E-state index contributed by atoms with van der Waals surface area (Å²) in [6.45, 7) is 0. The number of carbonyl (C=O) groups is 2. The number of amides is 3. The highest BCUT2D eigenvalue weighted by Crippen LogP contribution is 2.45. The van der Waals surface area contributed by atoms with Gasteiger partial charge in [0.1, 0.15) is 17.2 Å². The maximum absolute atomic E-state index is 13.6. The summed E-state index contributed by atoms with van der Waals surface area (Å²) in [6.07, 6.45) is 1.86. The molecule has 0 aromatic heterocycles. The molecule has 1 aromatic rings. The molecule has 0 radical (unpaired) electrons. The first kappa shape index (κ1) is 15.9. The number of hydrogen-bond acceptors (Lipinski definition) is 3. The van der Waals surface area contributed by atoms with Crippen LogP contribution in [-0.4, -0.2) is 36.5 Å². The predicted molar refractivity (Wildman–Crippen MR) is 79.6 cm³/mol. The third-order valence-electron chi connectivity index (χ3n) is 5.20. The van der Waals surface area contributed by atoms with Crippen molar-refractivity contribution in [3.8, 4) is 0 Å². The first-order valence-electron chi connectivity index (χ1n) is 7.55. The van der Waals surface area contributed by atoms with Crippen molar-refractivity contribution in [2.75, 3.05) is 14.1 Å². The second kappa shape index (κ2) is 5.26. The highest BCUT2D eigenvalue weighted by atomic mass is 19.1. The highest BCUT2D eigenvalue weighted by Gasteiger charge is 2.52. The van der Waals surface area contributed by atoms with E-state index in [4.69, 9.17) is 0 Å². The highest BCUT2D eigenvalue weighted by molar-refractivity contribution is 6.07. The number of nitrogens with one attached hydrogen (secondary N) is 2. The smallest absolute Gasteiger partial charge is 0.322 e. The van der Waals surface area contributed by atoms with Crippen LogP contribution in [0.5, 0.6) is 0 Å². The number of urea groups is 1. The molecule has 5 nitrogen and oxygen atoms in total. The van der Waals surface area contributed by atoms with E-state index in [1.807, 2.05) is 19.0 Å². The van der Waals surface area contributed by atoms with Gasteiger partial charge in [0.05, 0.1) is 0 Å². The first-order valence-corrected chi connectivity index (χ1v) is 7.55. The van der Waals surface area contributed by atoms with Gasteiger partial charge >= 0.3 is 6.03 Å². The van der Waals surface area contributed by atoms with Crippen LogP contribution < -0.4 is 10.6 Å². The Balaban J connectivity index is 1.93.